The number of aromatic nitrogens is 1. The molecular weight excluding hydrogens is 663 g/mol. The van der Waals surface area contributed by atoms with Crippen molar-refractivity contribution in [3.8, 4) is 55.9 Å². The number of rotatable bonds is 3. The van der Waals surface area contributed by atoms with Gasteiger partial charge in [0.2, 0.25) is 0 Å². The number of benzene rings is 9. The lowest BCUT2D eigenvalue weighted by molar-refractivity contribution is 0.794. The Morgan fingerprint density at radius 2 is 0.745 bits per heavy atom. The normalized spacial score (nSPS) is 13.2. The summed E-state index contributed by atoms with van der Waals surface area (Å²) in [4.78, 5) is 5.51. The van der Waals surface area contributed by atoms with Crippen molar-refractivity contribution in [2.45, 2.75) is 5.41 Å². The van der Waals surface area contributed by atoms with E-state index in [0.29, 0.717) is 0 Å². The second-order valence-corrected chi connectivity index (χ2v) is 15.0. The van der Waals surface area contributed by atoms with Gasteiger partial charge < -0.3 is 0 Å². The lowest BCUT2D eigenvalue weighted by Gasteiger charge is -2.30. The molecule has 1 nitrogen and oxygen atoms in total. The number of nitrogens with zero attached hydrogens (tertiary/aromatic N) is 1. The number of pyridine rings is 1. The van der Waals surface area contributed by atoms with Crippen molar-refractivity contribution in [2.75, 3.05) is 0 Å². The van der Waals surface area contributed by atoms with Gasteiger partial charge in [-0.2, -0.15) is 0 Å². The van der Waals surface area contributed by atoms with Crippen molar-refractivity contribution in [2.24, 2.45) is 0 Å². The van der Waals surface area contributed by atoms with E-state index in [-0.39, 0.29) is 0 Å². The molecule has 2 aliphatic carbocycles. The van der Waals surface area contributed by atoms with E-state index in [9.17, 15) is 0 Å². The van der Waals surface area contributed by atoms with Gasteiger partial charge >= 0.3 is 0 Å². The maximum absolute atomic E-state index is 5.51. The van der Waals surface area contributed by atoms with E-state index in [1.807, 2.05) is 0 Å². The summed E-state index contributed by atoms with van der Waals surface area (Å²) in [6.45, 7) is 0. The first kappa shape index (κ1) is 30.4. The molecule has 0 unspecified atom stereocenters. The third-order valence-electron chi connectivity index (χ3n) is 12.3. The van der Waals surface area contributed by atoms with E-state index >= 15 is 0 Å². The SMILES string of the molecule is c1ccc(-c2cc(-c3ccc4c5ccccc5c5ccccc5c4c3)cc(-c3cccc4c3-c3ccccc3C43c4ccccc4-c4ccccc43)n2)cc1. The van der Waals surface area contributed by atoms with Crippen molar-refractivity contribution in [3.63, 3.8) is 0 Å². The summed E-state index contributed by atoms with van der Waals surface area (Å²) in [5, 5.41) is 7.67. The Bertz CT molecular complexity index is 3130. The largest absolute Gasteiger partial charge is 0.248 e. The zero-order chi connectivity index (χ0) is 36.1. The van der Waals surface area contributed by atoms with Crippen molar-refractivity contribution >= 4 is 32.3 Å². The highest BCUT2D eigenvalue weighted by Crippen LogP contribution is 2.64. The molecule has 9 aromatic carbocycles. The molecular formula is C54H33N. The molecule has 0 aliphatic heterocycles. The molecule has 1 heteroatoms. The van der Waals surface area contributed by atoms with Crippen LogP contribution in [0.4, 0.5) is 0 Å². The maximum atomic E-state index is 5.51. The lowest BCUT2D eigenvalue weighted by Crippen LogP contribution is -2.25. The van der Waals surface area contributed by atoms with Gasteiger partial charge in [0.05, 0.1) is 16.8 Å². The van der Waals surface area contributed by atoms with Crippen LogP contribution in [0.3, 0.4) is 0 Å². The van der Waals surface area contributed by atoms with E-state index in [2.05, 4.69) is 200 Å². The van der Waals surface area contributed by atoms with E-state index in [0.717, 1.165) is 28.1 Å². The average Bonchev–Trinajstić information content (AvgIpc) is 3.74. The topological polar surface area (TPSA) is 12.9 Å². The molecule has 254 valence electrons. The Labute approximate surface area is 319 Å². The molecule has 0 atom stereocenters. The molecule has 0 amide bonds. The van der Waals surface area contributed by atoms with Crippen LogP contribution in [0.25, 0.3) is 88.2 Å². The summed E-state index contributed by atoms with van der Waals surface area (Å²) in [6, 6.07) is 73.8. The molecule has 1 spiro atoms. The number of hydrogen-bond acceptors (Lipinski definition) is 1. The maximum Gasteiger partial charge on any atom is 0.0725 e. The molecule has 0 bridgehead atoms. The van der Waals surface area contributed by atoms with Crippen LogP contribution in [0.1, 0.15) is 22.3 Å². The summed E-state index contributed by atoms with van der Waals surface area (Å²) in [5.41, 5.74) is 16.6. The minimum absolute atomic E-state index is 0.406. The first-order valence-electron chi connectivity index (χ1n) is 19.1. The van der Waals surface area contributed by atoms with Crippen LogP contribution in [0, 0.1) is 0 Å². The van der Waals surface area contributed by atoms with Crippen LogP contribution in [0.5, 0.6) is 0 Å². The molecule has 10 aromatic rings. The Morgan fingerprint density at radius 3 is 1.40 bits per heavy atom. The predicted molar refractivity (Wildman–Crippen MR) is 229 cm³/mol. The highest BCUT2D eigenvalue weighted by Gasteiger charge is 2.52. The standard InChI is InChI=1S/C54H33N/c1-2-15-34(16-3-1)51-32-36(35-29-30-41-39-19-5-4-17-37(39)38-18-6-7-20-40(38)46(41)31-35)33-52(55-51)45-24-14-28-50-53(45)44-23-10-13-27-49(44)54(50)47-25-11-8-21-42(47)43-22-9-12-26-48(43)54/h1-33H. The smallest absolute Gasteiger partial charge is 0.0725 e. The van der Waals surface area contributed by atoms with Crippen molar-refractivity contribution in [1.29, 1.82) is 0 Å². The second-order valence-electron chi connectivity index (χ2n) is 15.0. The molecule has 1 heterocycles. The van der Waals surface area contributed by atoms with Crippen LogP contribution >= 0.6 is 0 Å². The van der Waals surface area contributed by atoms with Crippen molar-refractivity contribution in [3.05, 3.63) is 222 Å². The zero-order valence-electron chi connectivity index (χ0n) is 30.0. The second kappa shape index (κ2) is 11.5. The lowest BCUT2D eigenvalue weighted by atomic mass is 9.70. The monoisotopic (exact) mass is 695 g/mol. The molecule has 55 heavy (non-hydrogen) atoms. The van der Waals surface area contributed by atoms with Gasteiger partial charge in [-0.25, -0.2) is 4.98 Å². The van der Waals surface area contributed by atoms with E-state index in [4.69, 9.17) is 4.98 Å². The van der Waals surface area contributed by atoms with Crippen LogP contribution in [-0.2, 0) is 5.41 Å². The van der Waals surface area contributed by atoms with Gasteiger partial charge in [-0.3, -0.25) is 0 Å². The van der Waals surface area contributed by atoms with Crippen molar-refractivity contribution < 1.29 is 0 Å². The fourth-order valence-electron chi connectivity index (χ4n) is 10.0. The molecule has 0 saturated heterocycles. The van der Waals surface area contributed by atoms with Gasteiger partial charge in [-0.1, -0.05) is 182 Å². The third kappa shape index (κ3) is 4.15. The molecule has 0 saturated carbocycles. The highest BCUT2D eigenvalue weighted by atomic mass is 14.7. The average molecular weight is 696 g/mol. The fourth-order valence-corrected chi connectivity index (χ4v) is 10.0. The zero-order valence-corrected chi connectivity index (χ0v) is 30.0. The van der Waals surface area contributed by atoms with E-state index in [1.54, 1.807) is 0 Å². The summed E-state index contributed by atoms with van der Waals surface area (Å²) < 4.78 is 0. The quantitative estimate of drug-likeness (QED) is 0.168. The molecule has 1 aromatic heterocycles. The molecule has 2 aliphatic rings. The van der Waals surface area contributed by atoms with Gasteiger partial charge in [0.15, 0.2) is 0 Å². The highest BCUT2D eigenvalue weighted by molar-refractivity contribution is 6.25. The Hall–Kier alpha value is -7.09. The first-order chi connectivity index (χ1) is 27.3. The predicted octanol–water partition coefficient (Wildman–Crippen LogP) is 13.9. The van der Waals surface area contributed by atoms with Gasteiger partial charge in [-0.05, 0) is 106 Å². The molecule has 0 radical (unpaired) electrons. The van der Waals surface area contributed by atoms with Crippen LogP contribution < -0.4 is 0 Å². The van der Waals surface area contributed by atoms with Crippen molar-refractivity contribution in [1.82, 2.24) is 4.98 Å². The van der Waals surface area contributed by atoms with Crippen LogP contribution in [0.15, 0.2) is 200 Å². The third-order valence-corrected chi connectivity index (χ3v) is 12.3. The minimum Gasteiger partial charge on any atom is -0.248 e. The van der Waals surface area contributed by atoms with Gasteiger partial charge in [0, 0.05) is 11.1 Å². The summed E-state index contributed by atoms with van der Waals surface area (Å²) in [7, 11) is 0. The Kier molecular flexibility index (Phi) is 6.33. The van der Waals surface area contributed by atoms with Gasteiger partial charge in [0.1, 0.15) is 0 Å². The molecule has 12 rings (SSSR count). The van der Waals surface area contributed by atoms with E-state index in [1.165, 1.54) is 82.4 Å². The Balaban J connectivity index is 1.13. The fraction of sp³-hybridized carbons (Fsp3) is 0.0185. The number of hydrogen-bond donors (Lipinski definition) is 0. The minimum atomic E-state index is -0.406. The summed E-state index contributed by atoms with van der Waals surface area (Å²) in [6.07, 6.45) is 0. The first-order valence-corrected chi connectivity index (χ1v) is 19.1. The molecule has 0 fully saturated rings. The summed E-state index contributed by atoms with van der Waals surface area (Å²) >= 11 is 0. The van der Waals surface area contributed by atoms with E-state index < -0.39 is 5.41 Å². The van der Waals surface area contributed by atoms with Gasteiger partial charge in [-0.15, -0.1) is 0 Å². The van der Waals surface area contributed by atoms with Gasteiger partial charge in [0.25, 0.3) is 0 Å². The Morgan fingerprint density at radius 1 is 0.273 bits per heavy atom. The van der Waals surface area contributed by atoms with Crippen LogP contribution in [-0.4, -0.2) is 4.98 Å². The van der Waals surface area contributed by atoms with Crippen LogP contribution in [0.2, 0.25) is 0 Å². The summed E-state index contributed by atoms with van der Waals surface area (Å²) in [5.74, 6) is 0. The number of fused-ring (bicyclic) bond motifs is 16. The molecule has 0 N–H and O–H groups in total.